The van der Waals surface area contributed by atoms with E-state index in [2.05, 4.69) is 27.3 Å². The van der Waals surface area contributed by atoms with Crippen molar-refractivity contribution >= 4 is 21.8 Å². The number of aliphatic imine (C=N–C) groups is 1. The van der Waals surface area contributed by atoms with Gasteiger partial charge in [0.15, 0.2) is 0 Å². The molecule has 4 rings (SSSR count). The first kappa shape index (κ1) is 17.4. The lowest BCUT2D eigenvalue weighted by Gasteiger charge is -2.31. The predicted octanol–water partition coefficient (Wildman–Crippen LogP) is 4.75. The van der Waals surface area contributed by atoms with Crippen molar-refractivity contribution in [3.63, 3.8) is 0 Å². The molecule has 5 heteroatoms. The highest BCUT2D eigenvalue weighted by molar-refractivity contribution is 9.10. The molecule has 1 aliphatic heterocycles. The van der Waals surface area contributed by atoms with Gasteiger partial charge in [-0.2, -0.15) is 5.26 Å². The van der Waals surface area contributed by atoms with E-state index < -0.39 is 5.54 Å². The molecule has 1 N–H and O–H groups in total. The van der Waals surface area contributed by atoms with Crippen molar-refractivity contribution in [2.45, 2.75) is 5.54 Å². The zero-order valence-electron chi connectivity index (χ0n) is 14.3. The van der Waals surface area contributed by atoms with Crippen LogP contribution in [0.1, 0.15) is 22.3 Å². The number of halogens is 2. The van der Waals surface area contributed by atoms with E-state index in [1.54, 1.807) is 18.2 Å². The summed E-state index contributed by atoms with van der Waals surface area (Å²) in [4.78, 5) is 4.73. The minimum atomic E-state index is -0.602. The summed E-state index contributed by atoms with van der Waals surface area (Å²) in [6.07, 6.45) is 0. The highest BCUT2D eigenvalue weighted by Crippen LogP contribution is 2.35. The molecular weight excluding hydrogens is 405 g/mol. The molecule has 1 atom stereocenters. The summed E-state index contributed by atoms with van der Waals surface area (Å²) in [7, 11) is 0. The van der Waals surface area contributed by atoms with E-state index in [-0.39, 0.29) is 5.82 Å². The average molecular weight is 420 g/mol. The fraction of sp³-hybridized carbons (Fsp3) is 0.0909. The molecule has 1 heterocycles. The summed E-state index contributed by atoms with van der Waals surface area (Å²) in [6.45, 7) is 0.473. The van der Waals surface area contributed by atoms with Crippen molar-refractivity contribution in [2.75, 3.05) is 6.54 Å². The molecule has 0 bridgehead atoms. The zero-order valence-corrected chi connectivity index (χ0v) is 15.9. The number of nitriles is 1. The quantitative estimate of drug-likeness (QED) is 0.665. The Kier molecular flexibility index (Phi) is 4.51. The highest BCUT2D eigenvalue weighted by Gasteiger charge is 2.39. The van der Waals surface area contributed by atoms with E-state index in [4.69, 9.17) is 10.3 Å². The van der Waals surface area contributed by atoms with Crippen molar-refractivity contribution in [3.05, 3.63) is 105 Å². The summed E-state index contributed by atoms with van der Waals surface area (Å²) >= 11 is 3.54. The van der Waals surface area contributed by atoms with Gasteiger partial charge >= 0.3 is 0 Å². The molecule has 1 aliphatic rings. The third-order valence-electron chi connectivity index (χ3n) is 4.73. The van der Waals surface area contributed by atoms with Crippen molar-refractivity contribution in [2.24, 2.45) is 4.99 Å². The van der Waals surface area contributed by atoms with Crippen LogP contribution in [0.4, 0.5) is 4.39 Å². The molecule has 0 aromatic heterocycles. The van der Waals surface area contributed by atoms with Crippen LogP contribution in [0.25, 0.3) is 0 Å². The van der Waals surface area contributed by atoms with E-state index in [9.17, 15) is 4.39 Å². The Hall–Kier alpha value is -2.97. The molecule has 3 nitrogen and oxygen atoms in total. The summed E-state index contributed by atoms with van der Waals surface area (Å²) in [5.74, 6) is 0.445. The van der Waals surface area contributed by atoms with Crippen LogP contribution >= 0.6 is 15.9 Å². The maximum atomic E-state index is 13.5. The second-order valence-corrected chi connectivity index (χ2v) is 7.32. The van der Waals surface area contributed by atoms with Gasteiger partial charge < -0.3 is 5.32 Å². The van der Waals surface area contributed by atoms with Gasteiger partial charge in [0.1, 0.15) is 17.2 Å². The van der Waals surface area contributed by atoms with Crippen molar-refractivity contribution in [3.8, 4) is 6.07 Å². The second kappa shape index (κ2) is 6.98. The molecule has 3 aromatic carbocycles. The van der Waals surface area contributed by atoms with E-state index >= 15 is 0 Å². The molecule has 0 fully saturated rings. The van der Waals surface area contributed by atoms with E-state index in [0.29, 0.717) is 12.1 Å². The molecule has 1 unspecified atom stereocenters. The van der Waals surface area contributed by atoms with Gasteiger partial charge in [-0.05, 0) is 47.5 Å². The van der Waals surface area contributed by atoms with Gasteiger partial charge in [0.05, 0.1) is 18.2 Å². The lowest BCUT2D eigenvalue weighted by atomic mass is 9.83. The maximum Gasteiger partial charge on any atom is 0.129 e. The third-order valence-corrected chi connectivity index (χ3v) is 5.22. The number of rotatable bonds is 3. The molecule has 0 spiro atoms. The minimum Gasteiger partial charge on any atom is -0.355 e. The molecular formula is C22H15BrFN3. The van der Waals surface area contributed by atoms with Gasteiger partial charge in [0.2, 0.25) is 0 Å². The highest BCUT2D eigenvalue weighted by atomic mass is 79.9. The summed E-state index contributed by atoms with van der Waals surface area (Å²) < 4.78 is 14.5. The molecule has 0 amide bonds. The minimum absolute atomic E-state index is 0.274. The Morgan fingerprint density at radius 3 is 2.52 bits per heavy atom. The molecule has 0 saturated heterocycles. The number of nitrogens with zero attached hydrogens (tertiary/aromatic N) is 2. The standard InChI is InChI=1S/C22H15BrFN3/c23-19-6-2-5-18(12-19)22(17-7-9-20(24)10-8-17)14-26-21(27-22)16-4-1-3-15(11-16)13-25/h1-12H,14H2,(H,26,27). The number of benzene rings is 3. The Morgan fingerprint density at radius 1 is 1.00 bits per heavy atom. The predicted molar refractivity (Wildman–Crippen MR) is 107 cm³/mol. The number of amidine groups is 1. The summed E-state index contributed by atoms with van der Waals surface area (Å²) in [5, 5.41) is 12.7. The number of hydrogen-bond donors (Lipinski definition) is 1. The van der Waals surface area contributed by atoms with Crippen LogP contribution in [0.2, 0.25) is 0 Å². The normalized spacial score (nSPS) is 18.5. The average Bonchev–Trinajstić information content (AvgIpc) is 3.15. The largest absolute Gasteiger partial charge is 0.355 e. The molecule has 0 radical (unpaired) electrons. The van der Waals surface area contributed by atoms with Gasteiger partial charge in [-0.3, -0.25) is 4.99 Å². The Labute approximate surface area is 165 Å². The van der Waals surface area contributed by atoms with Crippen LogP contribution in [0, 0.1) is 17.1 Å². The van der Waals surface area contributed by atoms with Crippen LogP contribution in [0.5, 0.6) is 0 Å². The van der Waals surface area contributed by atoms with Crippen LogP contribution in [0.3, 0.4) is 0 Å². The molecule has 0 aliphatic carbocycles. The number of hydrogen-bond acceptors (Lipinski definition) is 3. The first-order valence-electron chi connectivity index (χ1n) is 8.46. The van der Waals surface area contributed by atoms with Gasteiger partial charge in [-0.25, -0.2) is 4.39 Å². The van der Waals surface area contributed by atoms with Crippen LogP contribution in [0.15, 0.2) is 82.3 Å². The third kappa shape index (κ3) is 3.24. The first-order valence-corrected chi connectivity index (χ1v) is 9.25. The first-order chi connectivity index (χ1) is 13.1. The molecule has 0 saturated carbocycles. The monoisotopic (exact) mass is 419 g/mol. The van der Waals surface area contributed by atoms with Crippen LogP contribution in [-0.2, 0) is 5.54 Å². The smallest absolute Gasteiger partial charge is 0.129 e. The molecule has 27 heavy (non-hydrogen) atoms. The molecule has 3 aromatic rings. The van der Waals surface area contributed by atoms with Crippen LogP contribution < -0.4 is 5.32 Å². The second-order valence-electron chi connectivity index (χ2n) is 6.41. The van der Waals surface area contributed by atoms with Crippen molar-refractivity contribution in [1.29, 1.82) is 5.26 Å². The molecule has 132 valence electrons. The van der Waals surface area contributed by atoms with Crippen molar-refractivity contribution in [1.82, 2.24) is 5.32 Å². The van der Waals surface area contributed by atoms with E-state index in [1.807, 2.05) is 42.5 Å². The summed E-state index contributed by atoms with van der Waals surface area (Å²) in [6, 6.07) is 24.0. The fourth-order valence-electron chi connectivity index (χ4n) is 3.36. The van der Waals surface area contributed by atoms with E-state index in [1.165, 1.54) is 12.1 Å². The van der Waals surface area contributed by atoms with E-state index in [0.717, 1.165) is 27.0 Å². The lowest BCUT2D eigenvalue weighted by Crippen LogP contribution is -2.44. The lowest BCUT2D eigenvalue weighted by molar-refractivity contribution is 0.522. The van der Waals surface area contributed by atoms with Gasteiger partial charge in [0.25, 0.3) is 0 Å². The van der Waals surface area contributed by atoms with Gasteiger partial charge in [-0.1, -0.05) is 52.3 Å². The van der Waals surface area contributed by atoms with Gasteiger partial charge in [-0.15, -0.1) is 0 Å². The number of nitrogens with one attached hydrogen (secondary N) is 1. The summed E-state index contributed by atoms with van der Waals surface area (Å²) in [5.41, 5.74) is 2.79. The fourth-order valence-corrected chi connectivity index (χ4v) is 3.76. The van der Waals surface area contributed by atoms with Crippen LogP contribution in [-0.4, -0.2) is 12.4 Å². The Bertz CT molecular complexity index is 1070. The topological polar surface area (TPSA) is 48.2 Å². The van der Waals surface area contributed by atoms with Gasteiger partial charge in [0, 0.05) is 10.0 Å². The SMILES string of the molecule is N#Cc1cccc(C2=NCC(c3ccc(F)cc3)(c3cccc(Br)c3)N2)c1. The zero-order chi connectivity index (χ0) is 18.9. The Balaban J connectivity index is 1.79. The van der Waals surface area contributed by atoms with Crippen molar-refractivity contribution < 1.29 is 4.39 Å². The maximum absolute atomic E-state index is 13.5. The Morgan fingerprint density at radius 2 is 1.78 bits per heavy atom.